The van der Waals surface area contributed by atoms with Crippen LogP contribution < -0.4 is 5.32 Å². The minimum absolute atomic E-state index is 0.147. The van der Waals surface area contributed by atoms with E-state index in [1.54, 1.807) is 18.3 Å². The van der Waals surface area contributed by atoms with Crippen LogP contribution >= 0.6 is 12.2 Å². The highest BCUT2D eigenvalue weighted by atomic mass is 32.1. The summed E-state index contributed by atoms with van der Waals surface area (Å²) in [5.41, 5.74) is 3.17. The molecule has 124 valence electrons. The van der Waals surface area contributed by atoms with Gasteiger partial charge in [-0.05, 0) is 49.5 Å². The minimum atomic E-state index is -0.236. The molecule has 3 heterocycles. The molecule has 0 amide bonds. The predicted molar refractivity (Wildman–Crippen MR) is 102 cm³/mol. The lowest BCUT2D eigenvalue weighted by Gasteiger charge is -2.32. The number of hydrogen-bond donors (Lipinski definition) is 2. The number of nitrogens with zero attached hydrogens (tertiary/aromatic N) is 3. The molecule has 0 radical (unpaired) electrons. The SMILES string of the molecule is CC1=NC(=S)NC(c2ccccc2O)C1c1ccc2cccnc2n1. The molecule has 2 atom stereocenters. The van der Waals surface area contributed by atoms with Crippen LogP contribution in [0.15, 0.2) is 59.7 Å². The first kappa shape index (κ1) is 15.7. The van der Waals surface area contributed by atoms with E-state index < -0.39 is 0 Å². The van der Waals surface area contributed by atoms with Gasteiger partial charge in [0.15, 0.2) is 10.8 Å². The monoisotopic (exact) mass is 348 g/mol. The van der Waals surface area contributed by atoms with Crippen molar-refractivity contribution in [1.82, 2.24) is 15.3 Å². The number of thiocarbonyl (C=S) groups is 1. The van der Waals surface area contributed by atoms with Gasteiger partial charge in [0.1, 0.15) is 5.75 Å². The number of nitrogens with one attached hydrogen (secondary N) is 1. The molecule has 1 aromatic carbocycles. The third-order valence-electron chi connectivity index (χ3n) is 4.42. The summed E-state index contributed by atoms with van der Waals surface area (Å²) in [6.07, 6.45) is 1.73. The largest absolute Gasteiger partial charge is 0.508 e. The normalized spacial score (nSPS) is 20.2. The Kier molecular flexibility index (Phi) is 3.89. The molecule has 1 aliphatic heterocycles. The van der Waals surface area contributed by atoms with Crippen molar-refractivity contribution >= 4 is 34.1 Å². The number of para-hydroxylation sites is 1. The number of phenols is 1. The highest BCUT2D eigenvalue weighted by molar-refractivity contribution is 7.80. The molecule has 2 N–H and O–H groups in total. The summed E-state index contributed by atoms with van der Waals surface area (Å²) in [5.74, 6) is 0.0767. The van der Waals surface area contributed by atoms with Crippen molar-refractivity contribution in [3.63, 3.8) is 0 Å². The smallest absolute Gasteiger partial charge is 0.193 e. The van der Waals surface area contributed by atoms with Crippen LogP contribution in [0.5, 0.6) is 5.75 Å². The van der Waals surface area contributed by atoms with E-state index in [4.69, 9.17) is 17.2 Å². The van der Waals surface area contributed by atoms with E-state index in [1.165, 1.54) is 0 Å². The molecule has 0 aliphatic carbocycles. The van der Waals surface area contributed by atoms with Crippen molar-refractivity contribution in [2.75, 3.05) is 0 Å². The summed E-state index contributed by atoms with van der Waals surface area (Å²) < 4.78 is 0. The Morgan fingerprint density at radius 3 is 2.76 bits per heavy atom. The van der Waals surface area contributed by atoms with E-state index in [0.717, 1.165) is 22.4 Å². The Morgan fingerprint density at radius 1 is 1.08 bits per heavy atom. The second-order valence-electron chi connectivity index (χ2n) is 6.00. The number of fused-ring (bicyclic) bond motifs is 1. The first-order chi connectivity index (χ1) is 12.1. The van der Waals surface area contributed by atoms with Gasteiger partial charge in [-0.15, -0.1) is 0 Å². The van der Waals surface area contributed by atoms with Crippen molar-refractivity contribution in [3.8, 4) is 5.75 Å². The van der Waals surface area contributed by atoms with Crippen LogP contribution in [0, 0.1) is 0 Å². The van der Waals surface area contributed by atoms with E-state index >= 15 is 0 Å². The maximum Gasteiger partial charge on any atom is 0.193 e. The van der Waals surface area contributed by atoms with Gasteiger partial charge in [0.2, 0.25) is 0 Å². The van der Waals surface area contributed by atoms with Gasteiger partial charge in [-0.3, -0.25) is 0 Å². The number of benzene rings is 1. The first-order valence-corrected chi connectivity index (χ1v) is 8.39. The van der Waals surface area contributed by atoms with Gasteiger partial charge in [0.25, 0.3) is 0 Å². The molecule has 0 fully saturated rings. The number of phenolic OH excluding ortho intramolecular Hbond substituents is 1. The molecule has 25 heavy (non-hydrogen) atoms. The van der Waals surface area contributed by atoms with Gasteiger partial charge in [-0.1, -0.05) is 18.2 Å². The van der Waals surface area contributed by atoms with E-state index in [-0.39, 0.29) is 17.7 Å². The Hall–Kier alpha value is -2.86. The van der Waals surface area contributed by atoms with E-state index in [1.807, 2.05) is 43.3 Å². The Labute approximate surface area is 150 Å². The van der Waals surface area contributed by atoms with E-state index in [0.29, 0.717) is 10.8 Å². The summed E-state index contributed by atoms with van der Waals surface area (Å²) in [4.78, 5) is 13.5. The van der Waals surface area contributed by atoms with E-state index in [2.05, 4.69) is 15.3 Å². The molecule has 1 aliphatic rings. The summed E-state index contributed by atoms with van der Waals surface area (Å²) in [6, 6.07) is 14.9. The van der Waals surface area contributed by atoms with Crippen LogP contribution in [0.3, 0.4) is 0 Å². The van der Waals surface area contributed by atoms with Crippen LogP contribution in [-0.2, 0) is 0 Å². The van der Waals surface area contributed by atoms with Gasteiger partial charge in [-0.2, -0.15) is 0 Å². The summed E-state index contributed by atoms with van der Waals surface area (Å²) in [5, 5.41) is 14.9. The molecule has 0 spiro atoms. The van der Waals surface area contributed by atoms with Crippen LogP contribution in [0.2, 0.25) is 0 Å². The number of aromatic hydroxyl groups is 1. The minimum Gasteiger partial charge on any atom is -0.508 e. The van der Waals surface area contributed by atoms with E-state index in [9.17, 15) is 5.11 Å². The molecule has 0 saturated heterocycles. The van der Waals surface area contributed by atoms with Crippen LogP contribution in [0.1, 0.15) is 30.1 Å². The fourth-order valence-electron chi connectivity index (χ4n) is 3.25. The van der Waals surface area contributed by atoms with Crippen molar-refractivity contribution in [2.24, 2.45) is 4.99 Å². The van der Waals surface area contributed by atoms with Crippen LogP contribution in [-0.4, -0.2) is 25.9 Å². The predicted octanol–water partition coefficient (Wildman–Crippen LogP) is 3.51. The second-order valence-corrected chi connectivity index (χ2v) is 6.39. The van der Waals surface area contributed by atoms with Gasteiger partial charge in [-0.25, -0.2) is 15.0 Å². The third kappa shape index (κ3) is 2.85. The molecule has 2 aromatic heterocycles. The Bertz CT molecular complexity index is 1000. The Balaban J connectivity index is 1.86. The zero-order valence-electron chi connectivity index (χ0n) is 13.5. The van der Waals surface area contributed by atoms with Crippen molar-refractivity contribution in [1.29, 1.82) is 0 Å². The van der Waals surface area contributed by atoms with Gasteiger partial charge in [0.05, 0.1) is 17.7 Å². The van der Waals surface area contributed by atoms with Crippen molar-refractivity contribution in [3.05, 3.63) is 66.0 Å². The second kappa shape index (κ2) is 6.22. The molecule has 2 unspecified atom stereocenters. The number of aliphatic imine (C=N–C) groups is 1. The lowest BCUT2D eigenvalue weighted by molar-refractivity contribution is 0.452. The van der Waals surface area contributed by atoms with Crippen LogP contribution in [0.25, 0.3) is 11.0 Å². The zero-order valence-corrected chi connectivity index (χ0v) is 14.4. The molecule has 6 heteroatoms. The molecule has 0 saturated carbocycles. The topological polar surface area (TPSA) is 70.4 Å². The number of hydrogen-bond acceptors (Lipinski definition) is 4. The molecule has 5 nitrogen and oxygen atoms in total. The number of aromatic nitrogens is 2. The maximum atomic E-state index is 10.3. The van der Waals surface area contributed by atoms with Gasteiger partial charge >= 0.3 is 0 Å². The number of pyridine rings is 2. The maximum absolute atomic E-state index is 10.3. The highest BCUT2D eigenvalue weighted by Crippen LogP contribution is 2.37. The molecule has 4 rings (SSSR count). The standard InChI is InChI=1S/C19H16N4OS/c1-11-16(14-9-8-12-5-4-10-20-18(12)22-14)17(23-19(25)21-11)13-6-2-3-7-15(13)24/h2-10,16-17,24H,1H3,(H,23,25). The van der Waals surface area contributed by atoms with Gasteiger partial charge < -0.3 is 10.4 Å². The summed E-state index contributed by atoms with van der Waals surface area (Å²) in [7, 11) is 0. The quantitative estimate of drug-likeness (QED) is 0.694. The van der Waals surface area contributed by atoms with Crippen molar-refractivity contribution < 1.29 is 5.11 Å². The first-order valence-electron chi connectivity index (χ1n) is 7.99. The van der Waals surface area contributed by atoms with Gasteiger partial charge in [0, 0.05) is 22.9 Å². The lowest BCUT2D eigenvalue weighted by atomic mass is 9.85. The third-order valence-corrected chi connectivity index (χ3v) is 4.63. The Morgan fingerprint density at radius 2 is 1.92 bits per heavy atom. The summed E-state index contributed by atoms with van der Waals surface area (Å²) in [6.45, 7) is 1.94. The molecular weight excluding hydrogens is 332 g/mol. The highest BCUT2D eigenvalue weighted by Gasteiger charge is 2.34. The molecule has 0 bridgehead atoms. The molecular formula is C19H16N4OS. The fraction of sp³-hybridized carbons (Fsp3) is 0.158. The average Bonchev–Trinajstić information content (AvgIpc) is 2.61. The van der Waals surface area contributed by atoms with Crippen LogP contribution in [0.4, 0.5) is 0 Å². The zero-order chi connectivity index (χ0) is 17.4. The summed E-state index contributed by atoms with van der Waals surface area (Å²) >= 11 is 5.27. The lowest BCUT2D eigenvalue weighted by Crippen LogP contribution is -2.38. The average molecular weight is 348 g/mol. The molecule has 3 aromatic rings. The number of rotatable bonds is 2. The van der Waals surface area contributed by atoms with Crippen molar-refractivity contribution in [2.45, 2.75) is 18.9 Å². The fourth-order valence-corrected chi connectivity index (χ4v) is 3.52.